The van der Waals surface area contributed by atoms with E-state index in [4.69, 9.17) is 4.42 Å². The molecule has 134 valence electrons. The summed E-state index contributed by atoms with van der Waals surface area (Å²) < 4.78 is 20.6. The molecule has 0 aliphatic carbocycles. The van der Waals surface area contributed by atoms with Crippen LogP contribution in [0.5, 0.6) is 0 Å². The molecule has 3 heterocycles. The first-order valence-electron chi connectivity index (χ1n) is 8.73. The Kier molecular flexibility index (Phi) is 3.71. The molecule has 4 aromatic rings. The van der Waals surface area contributed by atoms with Gasteiger partial charge in [-0.05, 0) is 30.2 Å². The molecule has 27 heavy (non-hydrogen) atoms. The molecule has 2 aromatic carbocycles. The molecule has 1 N–H and O–H groups in total. The normalized spacial score (nSPS) is 12.8. The molecule has 0 fully saturated rings. The van der Waals surface area contributed by atoms with Crippen LogP contribution < -0.4 is 5.32 Å². The number of hydrogen-bond donors (Lipinski definition) is 1. The average molecular weight is 361 g/mol. The molecule has 2 aromatic heterocycles. The molecule has 7 heteroatoms. The number of halogens is 1. The molecular weight excluding hydrogens is 345 g/mol. The van der Waals surface area contributed by atoms with E-state index in [1.165, 1.54) is 17.7 Å². The van der Waals surface area contributed by atoms with E-state index in [1.54, 1.807) is 23.1 Å². The van der Waals surface area contributed by atoms with Gasteiger partial charge in [-0.3, -0.25) is 0 Å². The van der Waals surface area contributed by atoms with Crippen LogP contribution >= 0.6 is 0 Å². The highest BCUT2D eigenvalue weighted by molar-refractivity contribution is 5.79. The highest BCUT2D eigenvalue weighted by Crippen LogP contribution is 2.33. The van der Waals surface area contributed by atoms with Gasteiger partial charge in [-0.15, -0.1) is 5.10 Å². The van der Waals surface area contributed by atoms with Gasteiger partial charge in [-0.25, -0.2) is 14.1 Å². The molecule has 0 atom stereocenters. The summed E-state index contributed by atoms with van der Waals surface area (Å²) in [6, 6.07) is 12.4. The molecule has 6 nitrogen and oxygen atoms in total. The zero-order valence-corrected chi connectivity index (χ0v) is 14.4. The van der Waals surface area contributed by atoms with Crippen molar-refractivity contribution in [1.29, 1.82) is 0 Å². The highest BCUT2D eigenvalue weighted by Gasteiger charge is 2.17. The van der Waals surface area contributed by atoms with Gasteiger partial charge in [0.15, 0.2) is 0 Å². The highest BCUT2D eigenvalue weighted by atomic mass is 19.1. The molecule has 0 unspecified atom stereocenters. The second-order valence-electron chi connectivity index (χ2n) is 6.47. The Morgan fingerprint density at radius 2 is 2.11 bits per heavy atom. The molecule has 0 saturated carbocycles. The van der Waals surface area contributed by atoms with Crippen molar-refractivity contribution in [2.24, 2.45) is 0 Å². The van der Waals surface area contributed by atoms with Gasteiger partial charge in [0.05, 0.1) is 12.7 Å². The maximum Gasteiger partial charge on any atom is 0.226 e. The molecule has 0 saturated heterocycles. The number of benzene rings is 2. The lowest BCUT2D eigenvalue weighted by molar-refractivity contribution is 0.566. The second-order valence-corrected chi connectivity index (χ2v) is 6.47. The number of fused-ring (bicyclic) bond motifs is 1. The zero-order valence-electron chi connectivity index (χ0n) is 14.4. The number of nitrogens with one attached hydrogen (secondary N) is 1. The van der Waals surface area contributed by atoms with E-state index >= 15 is 0 Å². The van der Waals surface area contributed by atoms with Crippen LogP contribution in [0, 0.1) is 5.82 Å². The van der Waals surface area contributed by atoms with Crippen molar-refractivity contribution >= 4 is 5.69 Å². The minimum Gasteiger partial charge on any atom is -0.444 e. The predicted octanol–water partition coefficient (Wildman–Crippen LogP) is 3.76. The maximum absolute atomic E-state index is 13.4. The number of anilines is 1. The van der Waals surface area contributed by atoms with E-state index in [0.717, 1.165) is 29.9 Å². The van der Waals surface area contributed by atoms with E-state index in [9.17, 15) is 4.39 Å². The lowest BCUT2D eigenvalue weighted by atomic mass is 10.1. The van der Waals surface area contributed by atoms with Gasteiger partial charge in [0, 0.05) is 23.4 Å². The topological polar surface area (TPSA) is 68.8 Å². The Morgan fingerprint density at radius 3 is 3.04 bits per heavy atom. The molecular formula is C20H16FN5O. The minimum absolute atomic E-state index is 0.322. The van der Waals surface area contributed by atoms with Gasteiger partial charge < -0.3 is 9.73 Å². The van der Waals surface area contributed by atoms with E-state index in [0.29, 0.717) is 23.7 Å². The number of hydrogen-bond acceptors (Lipinski definition) is 5. The van der Waals surface area contributed by atoms with Crippen LogP contribution in [0.3, 0.4) is 0 Å². The summed E-state index contributed by atoms with van der Waals surface area (Å²) in [6.07, 6.45) is 4.48. The molecule has 1 aliphatic rings. The van der Waals surface area contributed by atoms with Crippen molar-refractivity contribution in [2.45, 2.75) is 13.0 Å². The monoisotopic (exact) mass is 361 g/mol. The van der Waals surface area contributed by atoms with Gasteiger partial charge in [-0.1, -0.05) is 29.5 Å². The van der Waals surface area contributed by atoms with Crippen LogP contribution in [0.1, 0.15) is 11.3 Å². The van der Waals surface area contributed by atoms with Gasteiger partial charge in [0.2, 0.25) is 5.89 Å². The summed E-state index contributed by atoms with van der Waals surface area (Å²) in [6.45, 7) is 1.37. The van der Waals surface area contributed by atoms with Crippen molar-refractivity contribution in [3.05, 3.63) is 72.0 Å². The summed E-state index contributed by atoms with van der Waals surface area (Å²) in [7, 11) is 0. The van der Waals surface area contributed by atoms with Gasteiger partial charge >= 0.3 is 0 Å². The third-order valence-electron chi connectivity index (χ3n) is 4.61. The number of aromatic nitrogens is 4. The fraction of sp³-hybridized carbons (Fsp3) is 0.150. The Morgan fingerprint density at radius 1 is 1.19 bits per heavy atom. The number of rotatable bonds is 4. The molecule has 0 radical (unpaired) electrons. The van der Waals surface area contributed by atoms with Gasteiger partial charge in [0.25, 0.3) is 0 Å². The van der Waals surface area contributed by atoms with Crippen molar-refractivity contribution in [1.82, 2.24) is 20.0 Å². The standard InChI is InChI=1S/C20H16FN5O/c21-15-5-1-4-14(9-15)20-23-16(12-27-20)10-26-11-18(24-25-26)17-6-2-3-13-7-8-22-19(13)17/h1-6,9,11-12,22H,7-8,10H2. The summed E-state index contributed by atoms with van der Waals surface area (Å²) in [4.78, 5) is 4.42. The lowest BCUT2D eigenvalue weighted by Crippen LogP contribution is -2.00. The second kappa shape index (κ2) is 6.35. The van der Waals surface area contributed by atoms with Crippen LogP contribution in [0.25, 0.3) is 22.7 Å². The van der Waals surface area contributed by atoms with E-state index in [1.807, 2.05) is 18.3 Å². The van der Waals surface area contributed by atoms with Gasteiger partial charge in [-0.2, -0.15) is 0 Å². The van der Waals surface area contributed by atoms with Crippen LogP contribution in [0.4, 0.5) is 10.1 Å². The SMILES string of the molecule is Fc1cccc(-c2nc(Cn3cc(-c4cccc5c4NCC5)nn3)co2)c1. The fourth-order valence-electron chi connectivity index (χ4n) is 3.35. The first-order valence-corrected chi connectivity index (χ1v) is 8.73. The van der Waals surface area contributed by atoms with Crippen LogP contribution in [0.15, 0.2) is 59.3 Å². The number of oxazole rings is 1. The van der Waals surface area contributed by atoms with Crippen molar-refractivity contribution in [2.75, 3.05) is 11.9 Å². The van der Waals surface area contributed by atoms with Crippen molar-refractivity contribution in [3.63, 3.8) is 0 Å². The third kappa shape index (κ3) is 2.97. The summed E-state index contributed by atoms with van der Waals surface area (Å²) >= 11 is 0. The first-order chi connectivity index (χ1) is 13.3. The van der Waals surface area contributed by atoms with Crippen molar-refractivity contribution < 1.29 is 8.81 Å². The Labute approximate surface area is 154 Å². The Bertz CT molecular complexity index is 1120. The summed E-state index contributed by atoms with van der Waals surface area (Å²) in [5.74, 6) is 0.0621. The molecule has 0 amide bonds. The van der Waals surface area contributed by atoms with Crippen LogP contribution in [0.2, 0.25) is 0 Å². The molecule has 5 rings (SSSR count). The van der Waals surface area contributed by atoms with E-state index in [2.05, 4.69) is 26.7 Å². The largest absolute Gasteiger partial charge is 0.444 e. The summed E-state index contributed by atoms with van der Waals surface area (Å²) in [5.41, 5.74) is 5.61. The predicted molar refractivity (Wildman–Crippen MR) is 98.7 cm³/mol. The molecule has 1 aliphatic heterocycles. The minimum atomic E-state index is -0.322. The summed E-state index contributed by atoms with van der Waals surface area (Å²) in [5, 5.41) is 11.9. The molecule has 0 bridgehead atoms. The van der Waals surface area contributed by atoms with E-state index in [-0.39, 0.29) is 5.82 Å². The number of nitrogens with zero attached hydrogens (tertiary/aromatic N) is 4. The fourth-order valence-corrected chi connectivity index (χ4v) is 3.35. The lowest BCUT2D eigenvalue weighted by Gasteiger charge is -2.05. The van der Waals surface area contributed by atoms with Crippen LogP contribution in [-0.4, -0.2) is 26.5 Å². The number of para-hydroxylation sites is 1. The first kappa shape index (κ1) is 15.7. The average Bonchev–Trinajstić information content (AvgIpc) is 3.42. The van der Waals surface area contributed by atoms with Gasteiger partial charge in [0.1, 0.15) is 23.5 Å². The smallest absolute Gasteiger partial charge is 0.226 e. The van der Waals surface area contributed by atoms with Crippen LogP contribution in [-0.2, 0) is 13.0 Å². The Balaban J connectivity index is 1.38. The zero-order chi connectivity index (χ0) is 18.2. The van der Waals surface area contributed by atoms with E-state index < -0.39 is 0 Å². The van der Waals surface area contributed by atoms with Crippen molar-refractivity contribution in [3.8, 4) is 22.7 Å². The molecule has 0 spiro atoms. The maximum atomic E-state index is 13.4. The Hall–Kier alpha value is -3.48. The quantitative estimate of drug-likeness (QED) is 0.599. The third-order valence-corrected chi connectivity index (χ3v) is 4.61.